The largest absolute Gasteiger partial charge is 0.361 e. The molecule has 4 aromatic rings. The fourth-order valence-electron chi connectivity index (χ4n) is 2.72. The zero-order chi connectivity index (χ0) is 16.5. The van der Waals surface area contributed by atoms with Crippen molar-refractivity contribution < 1.29 is 4.79 Å². The summed E-state index contributed by atoms with van der Waals surface area (Å²) in [6.07, 6.45) is 2.12. The lowest BCUT2D eigenvalue weighted by atomic mass is 10.2. The van der Waals surface area contributed by atoms with Crippen LogP contribution in [-0.4, -0.2) is 14.8 Å². The van der Waals surface area contributed by atoms with E-state index in [9.17, 15) is 9.59 Å². The highest BCUT2D eigenvalue weighted by Gasteiger charge is 2.09. The standard InChI is InChI=1S/C18H15N3O2S/c22-17(20-13-6-5-12-7-9-19-15(12)11-13)8-10-21-18(23)14-3-1-2-4-16(14)24-21/h1-7,9,11,19H,8,10H2,(H,20,22). The summed E-state index contributed by atoms with van der Waals surface area (Å²) < 4.78 is 2.58. The molecule has 4 rings (SSSR count). The maximum absolute atomic E-state index is 12.3. The monoisotopic (exact) mass is 337 g/mol. The minimum Gasteiger partial charge on any atom is -0.361 e. The van der Waals surface area contributed by atoms with Gasteiger partial charge in [-0.05, 0) is 35.7 Å². The van der Waals surface area contributed by atoms with E-state index in [4.69, 9.17) is 0 Å². The average molecular weight is 337 g/mol. The fourth-order valence-corrected chi connectivity index (χ4v) is 3.71. The highest BCUT2D eigenvalue weighted by molar-refractivity contribution is 7.13. The van der Waals surface area contributed by atoms with Crippen molar-refractivity contribution in [1.29, 1.82) is 0 Å². The topological polar surface area (TPSA) is 66.9 Å². The molecule has 0 fully saturated rings. The lowest BCUT2D eigenvalue weighted by molar-refractivity contribution is -0.116. The second kappa shape index (κ2) is 5.98. The lowest BCUT2D eigenvalue weighted by Crippen LogP contribution is -2.18. The maximum Gasteiger partial charge on any atom is 0.268 e. The van der Waals surface area contributed by atoms with Gasteiger partial charge < -0.3 is 10.3 Å². The van der Waals surface area contributed by atoms with Crippen LogP contribution in [-0.2, 0) is 11.3 Å². The Morgan fingerprint density at radius 3 is 2.92 bits per heavy atom. The highest BCUT2D eigenvalue weighted by Crippen LogP contribution is 2.18. The number of hydrogen-bond donors (Lipinski definition) is 2. The number of carbonyl (C=O) groups is 1. The number of aromatic nitrogens is 2. The van der Waals surface area contributed by atoms with Crippen LogP contribution in [0, 0.1) is 0 Å². The Morgan fingerprint density at radius 1 is 1.17 bits per heavy atom. The van der Waals surface area contributed by atoms with Gasteiger partial charge in [0, 0.05) is 30.4 Å². The molecule has 2 aromatic heterocycles. The first kappa shape index (κ1) is 14.7. The summed E-state index contributed by atoms with van der Waals surface area (Å²) in [6.45, 7) is 0.384. The van der Waals surface area contributed by atoms with Crippen molar-refractivity contribution in [1.82, 2.24) is 8.94 Å². The Balaban J connectivity index is 1.45. The van der Waals surface area contributed by atoms with Crippen molar-refractivity contribution in [3.63, 3.8) is 0 Å². The normalized spacial score (nSPS) is 11.2. The summed E-state index contributed by atoms with van der Waals surface area (Å²) in [5, 5.41) is 4.69. The molecule has 0 aliphatic carbocycles. The summed E-state index contributed by atoms with van der Waals surface area (Å²) in [5.41, 5.74) is 1.70. The molecule has 6 heteroatoms. The number of rotatable bonds is 4. The van der Waals surface area contributed by atoms with E-state index in [2.05, 4.69) is 10.3 Å². The van der Waals surface area contributed by atoms with Gasteiger partial charge >= 0.3 is 0 Å². The van der Waals surface area contributed by atoms with Crippen LogP contribution in [0.2, 0.25) is 0 Å². The van der Waals surface area contributed by atoms with Crippen LogP contribution in [0.15, 0.2) is 59.5 Å². The van der Waals surface area contributed by atoms with Gasteiger partial charge in [-0.1, -0.05) is 29.7 Å². The smallest absolute Gasteiger partial charge is 0.268 e. The third-order valence-corrected chi connectivity index (χ3v) is 5.05. The van der Waals surface area contributed by atoms with Gasteiger partial charge in [0.1, 0.15) is 0 Å². The van der Waals surface area contributed by atoms with E-state index in [1.54, 1.807) is 3.96 Å². The van der Waals surface area contributed by atoms with E-state index in [1.807, 2.05) is 54.7 Å². The number of aromatic amines is 1. The van der Waals surface area contributed by atoms with E-state index < -0.39 is 0 Å². The maximum atomic E-state index is 12.3. The minimum absolute atomic E-state index is 0.0313. The molecule has 2 heterocycles. The third kappa shape index (κ3) is 2.72. The average Bonchev–Trinajstić information content (AvgIpc) is 3.17. The number of aryl methyl sites for hydroxylation is 1. The van der Waals surface area contributed by atoms with Crippen molar-refractivity contribution in [3.05, 3.63) is 65.1 Å². The predicted molar refractivity (Wildman–Crippen MR) is 97.6 cm³/mol. The molecule has 0 bridgehead atoms. The molecule has 2 N–H and O–H groups in total. The van der Waals surface area contributed by atoms with E-state index >= 15 is 0 Å². The zero-order valence-electron chi connectivity index (χ0n) is 12.8. The number of nitrogens with one attached hydrogen (secondary N) is 2. The summed E-state index contributed by atoms with van der Waals surface area (Å²) in [5.74, 6) is -0.106. The molecule has 120 valence electrons. The van der Waals surface area contributed by atoms with Gasteiger partial charge in [0.25, 0.3) is 5.56 Å². The van der Waals surface area contributed by atoms with E-state index in [1.165, 1.54) is 11.5 Å². The molecule has 1 amide bonds. The number of anilines is 1. The molecular weight excluding hydrogens is 322 g/mol. The van der Waals surface area contributed by atoms with Gasteiger partial charge in [0.15, 0.2) is 0 Å². The van der Waals surface area contributed by atoms with Gasteiger partial charge in [-0.3, -0.25) is 13.5 Å². The quantitative estimate of drug-likeness (QED) is 0.598. The van der Waals surface area contributed by atoms with Crippen LogP contribution in [0.25, 0.3) is 21.0 Å². The Labute approximate surface area is 141 Å². The molecule has 0 aliphatic heterocycles. The molecule has 2 aromatic carbocycles. The highest BCUT2D eigenvalue weighted by atomic mass is 32.1. The molecule has 5 nitrogen and oxygen atoms in total. The predicted octanol–water partition coefficient (Wildman–Crippen LogP) is 3.57. The van der Waals surface area contributed by atoms with E-state index in [0.29, 0.717) is 11.9 Å². The number of fused-ring (bicyclic) bond motifs is 2. The molecule has 24 heavy (non-hydrogen) atoms. The van der Waals surface area contributed by atoms with Gasteiger partial charge in [0.05, 0.1) is 10.1 Å². The Hall–Kier alpha value is -2.86. The first-order valence-corrected chi connectivity index (χ1v) is 8.44. The van der Waals surface area contributed by atoms with Gasteiger partial charge in [-0.2, -0.15) is 0 Å². The SMILES string of the molecule is O=C(CCn1sc2ccccc2c1=O)Nc1ccc2cc[nH]c2c1. The Bertz CT molecular complexity index is 1090. The number of amides is 1. The minimum atomic E-state index is -0.106. The summed E-state index contributed by atoms with van der Waals surface area (Å²) in [4.78, 5) is 27.5. The molecule has 0 atom stereocenters. The van der Waals surface area contributed by atoms with Crippen molar-refractivity contribution >= 4 is 44.1 Å². The number of benzene rings is 2. The van der Waals surface area contributed by atoms with Crippen LogP contribution in [0.3, 0.4) is 0 Å². The zero-order valence-corrected chi connectivity index (χ0v) is 13.6. The first-order valence-electron chi connectivity index (χ1n) is 7.66. The van der Waals surface area contributed by atoms with Gasteiger partial charge in [-0.15, -0.1) is 0 Å². The summed E-state index contributed by atoms with van der Waals surface area (Å²) in [6, 6.07) is 15.2. The van der Waals surface area contributed by atoms with Crippen LogP contribution >= 0.6 is 11.5 Å². The van der Waals surface area contributed by atoms with Crippen LogP contribution in [0.4, 0.5) is 5.69 Å². The van der Waals surface area contributed by atoms with Crippen molar-refractivity contribution in [2.24, 2.45) is 0 Å². The Morgan fingerprint density at radius 2 is 2.04 bits per heavy atom. The second-order valence-electron chi connectivity index (χ2n) is 5.57. The van der Waals surface area contributed by atoms with Crippen molar-refractivity contribution in [3.8, 4) is 0 Å². The van der Waals surface area contributed by atoms with Crippen LogP contribution in [0.1, 0.15) is 6.42 Å². The Kier molecular flexibility index (Phi) is 3.66. The molecule has 0 saturated heterocycles. The van der Waals surface area contributed by atoms with Crippen molar-refractivity contribution in [2.75, 3.05) is 5.32 Å². The summed E-state index contributed by atoms with van der Waals surface area (Å²) in [7, 11) is 0. The first-order chi connectivity index (χ1) is 11.7. The summed E-state index contributed by atoms with van der Waals surface area (Å²) >= 11 is 1.39. The van der Waals surface area contributed by atoms with Gasteiger partial charge in [-0.25, -0.2) is 0 Å². The number of nitrogens with zero attached hydrogens (tertiary/aromatic N) is 1. The number of carbonyl (C=O) groups excluding carboxylic acids is 1. The van der Waals surface area contributed by atoms with Crippen LogP contribution in [0.5, 0.6) is 0 Å². The van der Waals surface area contributed by atoms with E-state index in [-0.39, 0.29) is 17.9 Å². The fraction of sp³-hybridized carbons (Fsp3) is 0.111. The van der Waals surface area contributed by atoms with E-state index in [0.717, 1.165) is 21.3 Å². The molecule has 0 radical (unpaired) electrons. The van der Waals surface area contributed by atoms with Crippen molar-refractivity contribution in [2.45, 2.75) is 13.0 Å². The molecule has 0 spiro atoms. The third-order valence-electron chi connectivity index (χ3n) is 3.93. The molecule has 0 saturated carbocycles. The second-order valence-corrected chi connectivity index (χ2v) is 6.64. The molecule has 0 aliphatic rings. The van der Waals surface area contributed by atoms with Crippen LogP contribution < -0.4 is 10.9 Å². The number of hydrogen-bond acceptors (Lipinski definition) is 3. The lowest BCUT2D eigenvalue weighted by Gasteiger charge is -2.05. The molecular formula is C18H15N3O2S. The van der Waals surface area contributed by atoms with Gasteiger partial charge in [0.2, 0.25) is 5.91 Å². The number of H-pyrrole nitrogens is 1. The molecule has 0 unspecified atom stereocenters.